The van der Waals surface area contributed by atoms with Gasteiger partial charge in [0.1, 0.15) is 11.4 Å². The maximum absolute atomic E-state index is 14.4. The lowest BCUT2D eigenvalue weighted by Gasteiger charge is -2.37. The third kappa shape index (κ3) is 5.67. The molecule has 0 saturated heterocycles. The number of amides is 1. The van der Waals surface area contributed by atoms with E-state index in [9.17, 15) is 9.18 Å². The molecule has 1 amide bonds. The maximum Gasteiger partial charge on any atom is 0.408 e. The second kappa shape index (κ2) is 8.21. The van der Waals surface area contributed by atoms with Crippen molar-refractivity contribution in [2.45, 2.75) is 51.0 Å². The summed E-state index contributed by atoms with van der Waals surface area (Å²) in [5.41, 5.74) is -1.37. The van der Waals surface area contributed by atoms with E-state index in [1.54, 1.807) is 39.8 Å². The number of hydrogen-bond donors (Lipinski definition) is 1. The Morgan fingerprint density at radius 3 is 2.62 bits per heavy atom. The van der Waals surface area contributed by atoms with Crippen LogP contribution in [0.5, 0.6) is 0 Å². The first-order valence-electron chi connectivity index (χ1n) is 7.45. The smallest absolute Gasteiger partial charge is 0.408 e. The quantitative estimate of drug-likeness (QED) is 0.735. The molecule has 0 aliphatic heterocycles. The molecule has 24 heavy (non-hydrogen) atoms. The molecule has 7 heteroatoms. The minimum atomic E-state index is -1.04. The van der Waals surface area contributed by atoms with E-state index in [1.807, 2.05) is 6.92 Å². The van der Waals surface area contributed by atoms with E-state index < -0.39 is 23.1 Å². The Labute approximate surface area is 155 Å². The van der Waals surface area contributed by atoms with Gasteiger partial charge < -0.3 is 10.1 Å². The van der Waals surface area contributed by atoms with Crippen molar-refractivity contribution in [2.75, 3.05) is 5.75 Å². The Hall–Kier alpha value is -1.26. The molecule has 4 nitrogen and oxygen atoms in total. The first-order valence-corrected chi connectivity index (χ1v) is 9.29. The normalized spacial score (nSPS) is 15.1. The summed E-state index contributed by atoms with van der Waals surface area (Å²) < 4.78 is 20.5. The second-order valence-electron chi connectivity index (χ2n) is 6.56. The van der Waals surface area contributed by atoms with Crippen molar-refractivity contribution in [2.24, 2.45) is 0 Å². The van der Waals surface area contributed by atoms with Crippen LogP contribution in [0.3, 0.4) is 0 Å². The summed E-state index contributed by atoms with van der Waals surface area (Å²) >= 11 is 4.68. The van der Waals surface area contributed by atoms with Crippen LogP contribution < -0.4 is 5.32 Å². The van der Waals surface area contributed by atoms with Gasteiger partial charge in [-0.25, -0.2) is 9.18 Å². The van der Waals surface area contributed by atoms with Gasteiger partial charge in [0, 0.05) is 15.3 Å². The zero-order valence-corrected chi connectivity index (χ0v) is 16.8. The van der Waals surface area contributed by atoms with E-state index in [1.165, 1.54) is 17.8 Å². The Balaban J connectivity index is 3.23. The summed E-state index contributed by atoms with van der Waals surface area (Å²) in [4.78, 5) is 12.3. The molecule has 0 aliphatic carbocycles. The number of hydrogen-bond acceptors (Lipinski definition) is 4. The number of nitriles is 1. The third-order valence-electron chi connectivity index (χ3n) is 3.46. The molecule has 0 aromatic heterocycles. The Bertz CT molecular complexity index is 642. The van der Waals surface area contributed by atoms with Gasteiger partial charge in [-0.05, 0) is 45.9 Å². The molecule has 132 valence electrons. The van der Waals surface area contributed by atoms with Crippen molar-refractivity contribution in [1.29, 1.82) is 5.26 Å². The number of ether oxygens (including phenoxy) is 1. The molecule has 1 unspecified atom stereocenters. The van der Waals surface area contributed by atoms with E-state index in [-0.39, 0.29) is 11.0 Å². The summed E-state index contributed by atoms with van der Waals surface area (Å²) in [5.74, 6) is -0.191. The number of rotatable bonds is 5. The van der Waals surface area contributed by atoms with E-state index in [2.05, 4.69) is 27.3 Å². The lowest BCUT2D eigenvalue weighted by molar-refractivity contribution is 0.0459. The van der Waals surface area contributed by atoms with Crippen molar-refractivity contribution >= 4 is 33.8 Å². The van der Waals surface area contributed by atoms with Gasteiger partial charge in [0.25, 0.3) is 0 Å². The molecule has 1 aromatic rings. The lowest BCUT2D eigenvalue weighted by Crippen LogP contribution is -2.51. The minimum absolute atomic E-state index is 0.238. The molecule has 0 fully saturated rings. The summed E-state index contributed by atoms with van der Waals surface area (Å²) in [6.07, 6.45) is -0.631. The van der Waals surface area contributed by atoms with Crippen LogP contribution in [0.1, 0.15) is 40.2 Å². The minimum Gasteiger partial charge on any atom is -0.444 e. The predicted octanol–water partition coefficient (Wildman–Crippen LogP) is 4.97. The first-order chi connectivity index (χ1) is 11.0. The Kier molecular flexibility index (Phi) is 7.11. The maximum atomic E-state index is 14.4. The number of benzene rings is 1. The van der Waals surface area contributed by atoms with Gasteiger partial charge in [-0.15, -0.1) is 11.8 Å². The van der Waals surface area contributed by atoms with Crippen LogP contribution in [0, 0.1) is 17.1 Å². The number of nitrogens with zero attached hydrogens (tertiary/aromatic N) is 1. The van der Waals surface area contributed by atoms with Crippen LogP contribution in [0.25, 0.3) is 0 Å². The van der Waals surface area contributed by atoms with Gasteiger partial charge in [-0.2, -0.15) is 5.26 Å². The summed E-state index contributed by atoms with van der Waals surface area (Å²) in [6.45, 7) is 8.86. The molecule has 0 spiro atoms. The molecular weight excluding hydrogens is 395 g/mol. The average Bonchev–Trinajstić information content (AvgIpc) is 2.44. The Morgan fingerprint density at radius 1 is 1.46 bits per heavy atom. The molecular formula is C17H22BrFN2O2S. The van der Waals surface area contributed by atoms with Crippen molar-refractivity contribution in [1.82, 2.24) is 5.32 Å². The van der Waals surface area contributed by atoms with Crippen molar-refractivity contribution in [3.8, 4) is 6.07 Å². The van der Waals surface area contributed by atoms with Gasteiger partial charge >= 0.3 is 6.09 Å². The molecule has 2 atom stereocenters. The highest BCUT2D eigenvalue weighted by atomic mass is 79.9. The monoisotopic (exact) mass is 416 g/mol. The standard InChI is InChI=1S/C17H22BrFN2O2S/c1-11(24-9-8-20)17(5,21-15(22)23-16(2,3)4)13-10-12(18)6-7-14(13)19/h6-7,10-11H,9H2,1-5H3,(H,21,22)/t11?,17-/m0/s1. The fourth-order valence-corrected chi connectivity index (χ4v) is 3.33. The van der Waals surface area contributed by atoms with Crippen molar-refractivity contribution in [3.05, 3.63) is 34.1 Å². The molecule has 1 rings (SSSR count). The first kappa shape index (κ1) is 20.8. The highest BCUT2D eigenvalue weighted by Crippen LogP contribution is 2.35. The number of carbonyl (C=O) groups excluding carboxylic acids is 1. The van der Waals surface area contributed by atoms with Gasteiger partial charge in [-0.1, -0.05) is 22.9 Å². The predicted molar refractivity (Wildman–Crippen MR) is 98.4 cm³/mol. The molecule has 0 heterocycles. The van der Waals surface area contributed by atoms with Gasteiger partial charge in [0.2, 0.25) is 0 Å². The zero-order chi connectivity index (χ0) is 18.5. The summed E-state index contributed by atoms with van der Waals surface area (Å²) in [5, 5.41) is 11.4. The van der Waals surface area contributed by atoms with Crippen LogP contribution >= 0.6 is 27.7 Å². The zero-order valence-electron chi connectivity index (χ0n) is 14.4. The molecule has 0 aliphatic rings. The SMILES string of the molecule is CC(SCC#N)[C@](C)(NC(=O)OC(C)(C)C)c1cc(Br)ccc1F. The number of nitrogens with one attached hydrogen (secondary N) is 1. The molecule has 0 saturated carbocycles. The molecule has 1 N–H and O–H groups in total. The Morgan fingerprint density at radius 2 is 2.08 bits per heavy atom. The van der Waals surface area contributed by atoms with E-state index in [0.717, 1.165) is 0 Å². The van der Waals surface area contributed by atoms with Gasteiger partial charge in [0.15, 0.2) is 0 Å². The van der Waals surface area contributed by atoms with Gasteiger partial charge in [-0.3, -0.25) is 0 Å². The number of thioether (sulfide) groups is 1. The lowest BCUT2D eigenvalue weighted by atomic mass is 9.88. The van der Waals surface area contributed by atoms with Crippen LogP contribution in [-0.4, -0.2) is 22.7 Å². The molecule has 0 radical (unpaired) electrons. The van der Waals surface area contributed by atoms with Crippen LogP contribution in [0.2, 0.25) is 0 Å². The summed E-state index contributed by atoms with van der Waals surface area (Å²) in [6, 6.07) is 6.63. The van der Waals surface area contributed by atoms with E-state index >= 15 is 0 Å². The van der Waals surface area contributed by atoms with Crippen molar-refractivity contribution < 1.29 is 13.9 Å². The number of alkyl carbamates (subject to hydrolysis) is 1. The third-order valence-corrected chi connectivity index (χ3v) is 5.22. The van der Waals surface area contributed by atoms with Crippen LogP contribution in [0.4, 0.5) is 9.18 Å². The highest BCUT2D eigenvalue weighted by molar-refractivity contribution is 9.10. The summed E-state index contributed by atoms with van der Waals surface area (Å²) in [7, 11) is 0. The fourth-order valence-electron chi connectivity index (χ4n) is 2.13. The van der Waals surface area contributed by atoms with E-state index in [0.29, 0.717) is 10.0 Å². The molecule has 0 bridgehead atoms. The van der Waals surface area contributed by atoms with Gasteiger partial charge in [0.05, 0.1) is 17.4 Å². The van der Waals surface area contributed by atoms with Crippen molar-refractivity contribution in [3.63, 3.8) is 0 Å². The van der Waals surface area contributed by atoms with Crippen LogP contribution in [0.15, 0.2) is 22.7 Å². The largest absolute Gasteiger partial charge is 0.444 e. The average molecular weight is 417 g/mol. The molecule has 1 aromatic carbocycles. The van der Waals surface area contributed by atoms with E-state index in [4.69, 9.17) is 10.00 Å². The topological polar surface area (TPSA) is 62.1 Å². The highest BCUT2D eigenvalue weighted by Gasteiger charge is 2.38. The second-order valence-corrected chi connectivity index (χ2v) is 8.81. The fraction of sp³-hybridized carbons (Fsp3) is 0.529. The number of halogens is 2. The van der Waals surface area contributed by atoms with Crippen LogP contribution in [-0.2, 0) is 10.3 Å². The number of carbonyl (C=O) groups is 1.